The predicted octanol–water partition coefficient (Wildman–Crippen LogP) is 1.10. The maximum Gasteiger partial charge on any atom is 0.320 e. The number of carbonyl (C=O) groups is 2. The normalized spacial score (nSPS) is 24.6. The molecule has 0 bridgehead atoms. The number of nitrogens with zero attached hydrogens (tertiary/aromatic N) is 2. The number of carbonyl (C=O) groups excluding carboxylic acids is 1. The van der Waals surface area contributed by atoms with Gasteiger partial charge in [0.05, 0.1) is 5.92 Å². The van der Waals surface area contributed by atoms with Crippen molar-refractivity contribution in [2.75, 3.05) is 26.2 Å². The molecule has 0 radical (unpaired) electrons. The van der Waals surface area contributed by atoms with Gasteiger partial charge in [-0.2, -0.15) is 0 Å². The molecule has 1 rings (SSSR count). The van der Waals surface area contributed by atoms with E-state index in [1.807, 2.05) is 20.8 Å². The molecule has 1 aliphatic rings. The van der Waals surface area contributed by atoms with Crippen molar-refractivity contribution in [1.82, 2.24) is 9.80 Å². The van der Waals surface area contributed by atoms with Crippen molar-refractivity contribution in [3.63, 3.8) is 0 Å². The molecule has 1 saturated heterocycles. The Morgan fingerprint density at radius 3 is 2.25 bits per heavy atom. The van der Waals surface area contributed by atoms with E-state index in [1.54, 1.807) is 9.80 Å². The van der Waals surface area contributed by atoms with Gasteiger partial charge < -0.3 is 14.9 Å². The van der Waals surface area contributed by atoms with Gasteiger partial charge in [0.15, 0.2) is 0 Å². The maximum atomic E-state index is 12.0. The van der Waals surface area contributed by atoms with E-state index in [0.29, 0.717) is 26.2 Å². The van der Waals surface area contributed by atoms with E-state index in [4.69, 9.17) is 5.11 Å². The smallest absolute Gasteiger partial charge is 0.320 e. The van der Waals surface area contributed by atoms with Gasteiger partial charge in [0.25, 0.3) is 0 Å². The van der Waals surface area contributed by atoms with Crippen molar-refractivity contribution in [2.24, 2.45) is 11.8 Å². The van der Waals surface area contributed by atoms with E-state index in [-0.39, 0.29) is 11.9 Å². The molecule has 92 valence electrons. The standard InChI is InChI=1S/C11H20N2O3/c1-4-12(5-2)11(16)13-6-8(3)9(7-13)10(14)15/h8-9H,4-7H2,1-3H3,(H,14,15). The minimum atomic E-state index is -0.803. The van der Waals surface area contributed by atoms with Crippen LogP contribution in [0.2, 0.25) is 0 Å². The lowest BCUT2D eigenvalue weighted by molar-refractivity contribution is -0.142. The van der Waals surface area contributed by atoms with Gasteiger partial charge in [-0.3, -0.25) is 4.79 Å². The average molecular weight is 228 g/mol. The molecule has 0 aromatic rings. The second-order valence-corrected chi connectivity index (χ2v) is 4.28. The summed E-state index contributed by atoms with van der Waals surface area (Å²) in [4.78, 5) is 26.3. The van der Waals surface area contributed by atoms with E-state index in [1.165, 1.54) is 0 Å². The molecule has 2 atom stereocenters. The molecule has 16 heavy (non-hydrogen) atoms. The summed E-state index contributed by atoms with van der Waals surface area (Å²) in [5.74, 6) is -1.18. The fourth-order valence-corrected chi connectivity index (χ4v) is 2.14. The number of hydrogen-bond acceptors (Lipinski definition) is 2. The molecule has 0 aromatic heterocycles. The van der Waals surface area contributed by atoms with Gasteiger partial charge in [0, 0.05) is 26.2 Å². The SMILES string of the molecule is CCN(CC)C(=O)N1CC(C)C(C(=O)O)C1. The Bertz CT molecular complexity index is 276. The van der Waals surface area contributed by atoms with Gasteiger partial charge in [0.2, 0.25) is 0 Å². The highest BCUT2D eigenvalue weighted by molar-refractivity contribution is 5.77. The zero-order chi connectivity index (χ0) is 12.3. The Hall–Kier alpha value is -1.26. The van der Waals surface area contributed by atoms with Crippen molar-refractivity contribution in [3.8, 4) is 0 Å². The van der Waals surface area contributed by atoms with E-state index in [2.05, 4.69) is 0 Å². The third-order valence-corrected chi connectivity index (χ3v) is 3.23. The first kappa shape index (κ1) is 12.8. The molecule has 1 fully saturated rings. The topological polar surface area (TPSA) is 60.9 Å². The molecule has 2 unspecified atom stereocenters. The highest BCUT2D eigenvalue weighted by Crippen LogP contribution is 2.23. The van der Waals surface area contributed by atoms with Crippen LogP contribution in [-0.4, -0.2) is 53.1 Å². The zero-order valence-electron chi connectivity index (χ0n) is 10.1. The number of amides is 2. The zero-order valence-corrected chi connectivity index (χ0v) is 10.1. The molecule has 0 aliphatic carbocycles. The number of aliphatic carboxylic acids is 1. The molecule has 1 heterocycles. The van der Waals surface area contributed by atoms with E-state index in [9.17, 15) is 9.59 Å². The summed E-state index contributed by atoms with van der Waals surface area (Å²) in [6.07, 6.45) is 0. The molecule has 1 N–H and O–H groups in total. The van der Waals surface area contributed by atoms with Crippen molar-refractivity contribution in [3.05, 3.63) is 0 Å². The summed E-state index contributed by atoms with van der Waals surface area (Å²) in [6.45, 7) is 7.95. The van der Waals surface area contributed by atoms with Gasteiger partial charge in [-0.05, 0) is 19.8 Å². The number of urea groups is 1. The fourth-order valence-electron chi connectivity index (χ4n) is 2.14. The highest BCUT2D eigenvalue weighted by Gasteiger charge is 2.37. The van der Waals surface area contributed by atoms with Crippen LogP contribution in [-0.2, 0) is 4.79 Å². The summed E-state index contributed by atoms with van der Waals surface area (Å²) < 4.78 is 0. The lowest BCUT2D eigenvalue weighted by Crippen LogP contribution is -2.42. The lowest BCUT2D eigenvalue weighted by atomic mass is 9.99. The van der Waals surface area contributed by atoms with Crippen LogP contribution in [0.4, 0.5) is 4.79 Å². The van der Waals surface area contributed by atoms with Gasteiger partial charge in [0.1, 0.15) is 0 Å². The minimum Gasteiger partial charge on any atom is -0.481 e. The summed E-state index contributed by atoms with van der Waals surface area (Å²) >= 11 is 0. The van der Waals surface area contributed by atoms with Gasteiger partial charge in [-0.1, -0.05) is 6.92 Å². The molecule has 0 saturated carbocycles. The summed E-state index contributed by atoms with van der Waals surface area (Å²) in [5.41, 5.74) is 0. The monoisotopic (exact) mass is 228 g/mol. The molecular weight excluding hydrogens is 208 g/mol. The minimum absolute atomic E-state index is 0.0389. The summed E-state index contributed by atoms with van der Waals surface area (Å²) in [5, 5.41) is 8.98. The second kappa shape index (κ2) is 5.18. The Balaban J connectivity index is 2.64. The largest absolute Gasteiger partial charge is 0.481 e. The Morgan fingerprint density at radius 2 is 1.88 bits per heavy atom. The van der Waals surface area contributed by atoms with Gasteiger partial charge in [-0.15, -0.1) is 0 Å². The van der Waals surface area contributed by atoms with Crippen LogP contribution in [0, 0.1) is 11.8 Å². The molecule has 5 heteroatoms. The van der Waals surface area contributed by atoms with Crippen LogP contribution < -0.4 is 0 Å². The molecule has 1 aliphatic heterocycles. The van der Waals surface area contributed by atoms with E-state index < -0.39 is 11.9 Å². The van der Waals surface area contributed by atoms with Crippen molar-refractivity contribution in [1.29, 1.82) is 0 Å². The van der Waals surface area contributed by atoms with Crippen LogP contribution in [0.5, 0.6) is 0 Å². The molecule has 0 spiro atoms. The summed E-state index contributed by atoms with van der Waals surface area (Å²) in [7, 11) is 0. The number of hydrogen-bond donors (Lipinski definition) is 1. The predicted molar refractivity (Wildman–Crippen MR) is 60.2 cm³/mol. The van der Waals surface area contributed by atoms with Gasteiger partial charge in [-0.25, -0.2) is 4.79 Å². The van der Waals surface area contributed by atoms with Crippen LogP contribution in [0.3, 0.4) is 0 Å². The van der Waals surface area contributed by atoms with Crippen LogP contribution in [0.1, 0.15) is 20.8 Å². The van der Waals surface area contributed by atoms with Crippen molar-refractivity contribution in [2.45, 2.75) is 20.8 Å². The lowest BCUT2D eigenvalue weighted by Gasteiger charge is -2.25. The molecule has 0 aromatic carbocycles. The number of carboxylic acid groups (broad SMARTS) is 1. The Morgan fingerprint density at radius 1 is 1.31 bits per heavy atom. The number of likely N-dealkylation sites (tertiary alicyclic amines) is 1. The van der Waals surface area contributed by atoms with Crippen LogP contribution >= 0.6 is 0 Å². The maximum absolute atomic E-state index is 12.0. The fraction of sp³-hybridized carbons (Fsp3) is 0.818. The molecule has 2 amide bonds. The second-order valence-electron chi connectivity index (χ2n) is 4.28. The third-order valence-electron chi connectivity index (χ3n) is 3.23. The number of rotatable bonds is 3. The molecular formula is C11H20N2O3. The quantitative estimate of drug-likeness (QED) is 0.787. The first-order valence-electron chi connectivity index (χ1n) is 5.77. The Labute approximate surface area is 96.0 Å². The van der Waals surface area contributed by atoms with Crippen molar-refractivity contribution < 1.29 is 14.7 Å². The van der Waals surface area contributed by atoms with E-state index in [0.717, 1.165) is 0 Å². The van der Waals surface area contributed by atoms with E-state index >= 15 is 0 Å². The van der Waals surface area contributed by atoms with Crippen LogP contribution in [0.25, 0.3) is 0 Å². The summed E-state index contributed by atoms with van der Waals surface area (Å²) in [6, 6.07) is -0.0411. The third kappa shape index (κ3) is 2.46. The van der Waals surface area contributed by atoms with Gasteiger partial charge >= 0.3 is 12.0 Å². The number of carboxylic acids is 1. The van der Waals surface area contributed by atoms with Crippen LogP contribution in [0.15, 0.2) is 0 Å². The average Bonchev–Trinajstić information content (AvgIpc) is 2.62. The first-order chi connectivity index (χ1) is 7.51. The molecule has 5 nitrogen and oxygen atoms in total. The Kier molecular flexibility index (Phi) is 4.15. The van der Waals surface area contributed by atoms with Crippen molar-refractivity contribution >= 4 is 12.0 Å². The highest BCUT2D eigenvalue weighted by atomic mass is 16.4. The first-order valence-corrected chi connectivity index (χ1v) is 5.77.